The molecule has 2 rings (SSSR count). The summed E-state index contributed by atoms with van der Waals surface area (Å²) in [6.07, 6.45) is 0. The molecular formula is C14H17NO4S. The zero-order valence-corrected chi connectivity index (χ0v) is 12.1. The Hall–Kier alpha value is -1.79. The van der Waals surface area contributed by atoms with Crippen molar-refractivity contribution >= 4 is 15.7 Å². The van der Waals surface area contributed by atoms with Gasteiger partial charge in [0.25, 0.3) is 10.0 Å². The third-order valence-electron chi connectivity index (χ3n) is 2.89. The Labute approximate surface area is 118 Å². The van der Waals surface area contributed by atoms with E-state index in [1.54, 1.807) is 12.1 Å². The van der Waals surface area contributed by atoms with Crippen LogP contribution in [0.15, 0.2) is 45.9 Å². The topological polar surface area (TPSA) is 79.5 Å². The lowest BCUT2D eigenvalue weighted by atomic mass is 10.0. The molecule has 0 atom stereocenters. The van der Waals surface area contributed by atoms with Gasteiger partial charge in [0.15, 0.2) is 0 Å². The monoisotopic (exact) mass is 295 g/mol. The first-order valence-electron chi connectivity index (χ1n) is 6.25. The van der Waals surface area contributed by atoms with E-state index in [1.165, 1.54) is 12.1 Å². The summed E-state index contributed by atoms with van der Waals surface area (Å²) < 4.78 is 31.6. The van der Waals surface area contributed by atoms with Gasteiger partial charge in [-0.05, 0) is 35.7 Å². The second kappa shape index (κ2) is 5.68. The molecule has 2 N–H and O–H groups in total. The fourth-order valence-electron chi connectivity index (χ4n) is 1.73. The number of aliphatic hydroxyl groups excluding tert-OH is 1. The zero-order chi connectivity index (χ0) is 14.8. The van der Waals surface area contributed by atoms with E-state index < -0.39 is 10.0 Å². The maximum atomic E-state index is 12.1. The van der Waals surface area contributed by atoms with Crippen LogP contribution in [0.4, 0.5) is 5.69 Å². The Kier molecular flexibility index (Phi) is 4.15. The van der Waals surface area contributed by atoms with E-state index in [4.69, 9.17) is 9.52 Å². The third kappa shape index (κ3) is 3.20. The predicted octanol–water partition coefficient (Wildman–Crippen LogP) is 2.70. The van der Waals surface area contributed by atoms with Gasteiger partial charge in [-0.2, -0.15) is 8.42 Å². The first kappa shape index (κ1) is 14.6. The maximum Gasteiger partial charge on any atom is 0.295 e. The normalized spacial score (nSPS) is 11.8. The molecule has 108 valence electrons. The van der Waals surface area contributed by atoms with E-state index in [0.717, 1.165) is 5.56 Å². The average molecular weight is 295 g/mol. The average Bonchev–Trinajstić information content (AvgIpc) is 2.88. The van der Waals surface area contributed by atoms with Crippen LogP contribution < -0.4 is 4.72 Å². The van der Waals surface area contributed by atoms with Gasteiger partial charge in [0, 0.05) is 5.69 Å². The Morgan fingerprint density at radius 3 is 2.30 bits per heavy atom. The van der Waals surface area contributed by atoms with Crippen molar-refractivity contribution in [3.8, 4) is 0 Å². The summed E-state index contributed by atoms with van der Waals surface area (Å²) in [6, 6.07) is 9.92. The van der Waals surface area contributed by atoms with E-state index in [0.29, 0.717) is 11.6 Å². The number of sulfonamides is 1. The summed E-state index contributed by atoms with van der Waals surface area (Å²) in [6.45, 7) is 3.80. The Bertz CT molecular complexity index is 671. The molecule has 0 radical (unpaired) electrons. The van der Waals surface area contributed by atoms with Crippen molar-refractivity contribution in [2.24, 2.45) is 0 Å². The molecule has 0 bridgehead atoms. The molecule has 0 amide bonds. The molecule has 2 aromatic rings. The van der Waals surface area contributed by atoms with Crippen LogP contribution in [0.3, 0.4) is 0 Å². The number of rotatable bonds is 5. The number of aliphatic hydroxyl groups is 1. The van der Waals surface area contributed by atoms with Gasteiger partial charge in [0.2, 0.25) is 5.09 Å². The van der Waals surface area contributed by atoms with Gasteiger partial charge in [0.05, 0.1) is 0 Å². The van der Waals surface area contributed by atoms with Crippen LogP contribution in [0.25, 0.3) is 0 Å². The molecule has 0 fully saturated rings. The minimum Gasteiger partial charge on any atom is -0.445 e. The predicted molar refractivity (Wildman–Crippen MR) is 76.0 cm³/mol. The number of hydrogen-bond donors (Lipinski definition) is 2. The van der Waals surface area contributed by atoms with Crippen molar-refractivity contribution in [1.82, 2.24) is 0 Å². The minimum atomic E-state index is -3.76. The van der Waals surface area contributed by atoms with Crippen molar-refractivity contribution in [2.75, 3.05) is 4.72 Å². The second-order valence-corrected chi connectivity index (χ2v) is 6.37. The third-order valence-corrected chi connectivity index (χ3v) is 4.14. The highest BCUT2D eigenvalue weighted by Crippen LogP contribution is 2.21. The van der Waals surface area contributed by atoms with E-state index >= 15 is 0 Å². The molecule has 0 aliphatic carbocycles. The molecule has 1 aromatic heterocycles. The standard InChI is InChI=1S/C14H17NO4S/c1-10(2)11-3-5-12(6-4-11)15-20(17,18)14-8-7-13(9-16)19-14/h3-8,10,15-16H,9H2,1-2H3. The van der Waals surface area contributed by atoms with E-state index in [9.17, 15) is 8.42 Å². The Balaban J connectivity index is 2.19. The summed E-state index contributed by atoms with van der Waals surface area (Å²) in [4.78, 5) is 0. The molecule has 0 saturated carbocycles. The molecular weight excluding hydrogens is 278 g/mol. The molecule has 6 heteroatoms. The summed E-state index contributed by atoms with van der Waals surface area (Å²) in [5.74, 6) is 0.596. The lowest BCUT2D eigenvalue weighted by Crippen LogP contribution is -2.12. The quantitative estimate of drug-likeness (QED) is 0.888. The highest BCUT2D eigenvalue weighted by atomic mass is 32.2. The highest BCUT2D eigenvalue weighted by Gasteiger charge is 2.18. The summed E-state index contributed by atoms with van der Waals surface area (Å²) in [5, 5.41) is 8.67. The second-order valence-electron chi connectivity index (χ2n) is 4.76. The van der Waals surface area contributed by atoms with Gasteiger partial charge >= 0.3 is 0 Å². The van der Waals surface area contributed by atoms with Gasteiger partial charge in [-0.3, -0.25) is 4.72 Å². The van der Waals surface area contributed by atoms with Crippen LogP contribution in [0.1, 0.15) is 31.1 Å². The van der Waals surface area contributed by atoms with Crippen molar-refractivity contribution in [2.45, 2.75) is 31.5 Å². The number of anilines is 1. The largest absolute Gasteiger partial charge is 0.445 e. The fourth-order valence-corrected chi connectivity index (χ4v) is 2.74. The minimum absolute atomic E-state index is 0.209. The van der Waals surface area contributed by atoms with Crippen molar-refractivity contribution in [1.29, 1.82) is 0 Å². The van der Waals surface area contributed by atoms with Gasteiger partial charge < -0.3 is 9.52 Å². The summed E-state index contributed by atoms with van der Waals surface area (Å²) in [7, 11) is -3.76. The molecule has 0 aliphatic heterocycles. The van der Waals surface area contributed by atoms with E-state index in [1.807, 2.05) is 12.1 Å². The number of benzene rings is 1. The summed E-state index contributed by atoms with van der Waals surface area (Å²) >= 11 is 0. The van der Waals surface area contributed by atoms with Crippen LogP contribution in [-0.4, -0.2) is 13.5 Å². The van der Waals surface area contributed by atoms with Crippen LogP contribution in [0, 0.1) is 0 Å². The molecule has 0 spiro atoms. The van der Waals surface area contributed by atoms with Crippen molar-refractivity contribution < 1.29 is 17.9 Å². The Morgan fingerprint density at radius 1 is 1.15 bits per heavy atom. The van der Waals surface area contributed by atoms with Crippen LogP contribution in [0.2, 0.25) is 0 Å². The SMILES string of the molecule is CC(C)c1ccc(NS(=O)(=O)c2ccc(CO)o2)cc1. The maximum absolute atomic E-state index is 12.1. The lowest BCUT2D eigenvalue weighted by Gasteiger charge is -2.08. The zero-order valence-electron chi connectivity index (χ0n) is 11.3. The fraction of sp³-hybridized carbons (Fsp3) is 0.286. The molecule has 1 aromatic carbocycles. The number of hydrogen-bond acceptors (Lipinski definition) is 4. The van der Waals surface area contributed by atoms with Gasteiger partial charge in [-0.15, -0.1) is 0 Å². The van der Waals surface area contributed by atoms with Gasteiger partial charge in [0.1, 0.15) is 12.4 Å². The van der Waals surface area contributed by atoms with Crippen LogP contribution in [-0.2, 0) is 16.6 Å². The summed E-state index contributed by atoms with van der Waals surface area (Å²) in [5.41, 5.74) is 1.60. The molecule has 0 aliphatic rings. The molecule has 1 heterocycles. The molecule has 20 heavy (non-hydrogen) atoms. The molecule has 0 saturated heterocycles. The van der Waals surface area contributed by atoms with Crippen molar-refractivity contribution in [3.05, 3.63) is 47.7 Å². The number of furan rings is 1. The Morgan fingerprint density at radius 2 is 1.80 bits per heavy atom. The van der Waals surface area contributed by atoms with E-state index in [2.05, 4.69) is 18.6 Å². The first-order chi connectivity index (χ1) is 9.42. The van der Waals surface area contributed by atoms with Crippen molar-refractivity contribution in [3.63, 3.8) is 0 Å². The van der Waals surface area contributed by atoms with Crippen LogP contribution >= 0.6 is 0 Å². The van der Waals surface area contributed by atoms with Gasteiger partial charge in [-0.1, -0.05) is 26.0 Å². The van der Waals surface area contributed by atoms with Gasteiger partial charge in [-0.25, -0.2) is 0 Å². The lowest BCUT2D eigenvalue weighted by molar-refractivity contribution is 0.236. The number of nitrogens with one attached hydrogen (secondary N) is 1. The molecule has 0 unspecified atom stereocenters. The van der Waals surface area contributed by atoms with E-state index in [-0.39, 0.29) is 17.5 Å². The first-order valence-corrected chi connectivity index (χ1v) is 7.73. The smallest absolute Gasteiger partial charge is 0.295 e. The van der Waals surface area contributed by atoms with Crippen LogP contribution in [0.5, 0.6) is 0 Å². The molecule has 5 nitrogen and oxygen atoms in total. The highest BCUT2D eigenvalue weighted by molar-refractivity contribution is 7.92.